The Hall–Kier alpha value is -2.07. The summed E-state index contributed by atoms with van der Waals surface area (Å²) < 4.78 is 27.2. The SMILES string of the molecule is N#Cc1cc(Cl)ccc1NCc1cccc(S(=O)(=O)N2CCCCC2)c1. The quantitative estimate of drug-likeness (QED) is 0.838. The number of nitriles is 1. The average Bonchev–Trinajstić information content (AvgIpc) is 2.68. The number of hydrogen-bond donors (Lipinski definition) is 1. The van der Waals surface area contributed by atoms with Crippen molar-refractivity contribution >= 4 is 27.3 Å². The number of benzene rings is 2. The van der Waals surface area contributed by atoms with Gasteiger partial charge in [-0.2, -0.15) is 9.57 Å². The fourth-order valence-corrected chi connectivity index (χ4v) is 4.79. The summed E-state index contributed by atoms with van der Waals surface area (Å²) in [7, 11) is -3.45. The smallest absolute Gasteiger partial charge is 0.243 e. The number of sulfonamides is 1. The second kappa shape index (κ2) is 8.09. The van der Waals surface area contributed by atoms with Gasteiger partial charge in [-0.05, 0) is 48.7 Å². The van der Waals surface area contributed by atoms with E-state index in [1.54, 1.807) is 40.7 Å². The van der Waals surface area contributed by atoms with Crippen LogP contribution in [0.4, 0.5) is 5.69 Å². The van der Waals surface area contributed by atoms with E-state index in [-0.39, 0.29) is 0 Å². The fourth-order valence-electron chi connectivity index (χ4n) is 3.03. The van der Waals surface area contributed by atoms with Gasteiger partial charge in [-0.25, -0.2) is 8.42 Å². The lowest BCUT2D eigenvalue weighted by atomic mass is 10.1. The average molecular weight is 390 g/mol. The van der Waals surface area contributed by atoms with Crippen LogP contribution in [0.25, 0.3) is 0 Å². The first-order valence-corrected chi connectivity index (χ1v) is 10.3. The molecule has 0 aliphatic carbocycles. The molecule has 0 bridgehead atoms. The molecule has 2 aromatic carbocycles. The predicted molar refractivity (Wildman–Crippen MR) is 103 cm³/mol. The van der Waals surface area contributed by atoms with E-state index in [4.69, 9.17) is 11.6 Å². The number of nitrogens with one attached hydrogen (secondary N) is 1. The number of nitrogens with zero attached hydrogens (tertiary/aromatic N) is 2. The van der Waals surface area contributed by atoms with Gasteiger partial charge in [0.15, 0.2) is 0 Å². The Labute approximate surface area is 159 Å². The predicted octanol–water partition coefficient (Wildman–Crippen LogP) is 4.00. The molecule has 1 aliphatic heterocycles. The van der Waals surface area contributed by atoms with E-state index < -0.39 is 10.0 Å². The van der Waals surface area contributed by atoms with E-state index in [9.17, 15) is 13.7 Å². The molecule has 5 nitrogen and oxygen atoms in total. The molecule has 1 fully saturated rings. The molecule has 1 aliphatic rings. The molecule has 3 rings (SSSR count). The molecule has 0 amide bonds. The first-order valence-electron chi connectivity index (χ1n) is 8.53. The molecule has 0 unspecified atom stereocenters. The summed E-state index contributed by atoms with van der Waals surface area (Å²) in [5, 5.41) is 12.9. The zero-order chi connectivity index (χ0) is 18.6. The Balaban J connectivity index is 1.77. The maximum atomic E-state index is 12.8. The molecule has 0 spiro atoms. The topological polar surface area (TPSA) is 73.2 Å². The van der Waals surface area contributed by atoms with Gasteiger partial charge in [0.25, 0.3) is 0 Å². The Morgan fingerprint density at radius 2 is 1.88 bits per heavy atom. The van der Waals surface area contributed by atoms with Crippen molar-refractivity contribution in [2.24, 2.45) is 0 Å². The molecule has 0 atom stereocenters. The number of rotatable bonds is 5. The number of piperidine rings is 1. The van der Waals surface area contributed by atoms with Gasteiger partial charge in [0.1, 0.15) is 6.07 Å². The van der Waals surface area contributed by atoms with Crippen molar-refractivity contribution in [1.29, 1.82) is 5.26 Å². The minimum Gasteiger partial charge on any atom is -0.380 e. The number of halogens is 1. The minimum atomic E-state index is -3.45. The summed E-state index contributed by atoms with van der Waals surface area (Å²) in [6.07, 6.45) is 2.90. The Morgan fingerprint density at radius 1 is 1.12 bits per heavy atom. The van der Waals surface area contributed by atoms with Crippen LogP contribution in [0.15, 0.2) is 47.4 Å². The fraction of sp³-hybridized carbons (Fsp3) is 0.316. The van der Waals surface area contributed by atoms with Crippen LogP contribution in [-0.2, 0) is 16.6 Å². The van der Waals surface area contributed by atoms with Gasteiger partial charge in [-0.15, -0.1) is 0 Å². The highest BCUT2D eigenvalue weighted by Crippen LogP contribution is 2.23. The molecule has 7 heteroatoms. The van der Waals surface area contributed by atoms with Crippen LogP contribution in [-0.4, -0.2) is 25.8 Å². The highest BCUT2D eigenvalue weighted by molar-refractivity contribution is 7.89. The van der Waals surface area contributed by atoms with Crippen LogP contribution in [0, 0.1) is 11.3 Å². The van der Waals surface area contributed by atoms with Gasteiger partial charge >= 0.3 is 0 Å². The van der Waals surface area contributed by atoms with Gasteiger partial charge in [0.05, 0.1) is 16.1 Å². The minimum absolute atomic E-state index is 0.315. The van der Waals surface area contributed by atoms with E-state index in [1.165, 1.54) is 0 Å². The van der Waals surface area contributed by atoms with E-state index in [0.717, 1.165) is 24.8 Å². The lowest BCUT2D eigenvalue weighted by molar-refractivity contribution is 0.346. The van der Waals surface area contributed by atoms with Crippen molar-refractivity contribution in [1.82, 2.24) is 4.31 Å². The van der Waals surface area contributed by atoms with Gasteiger partial charge in [-0.3, -0.25) is 0 Å². The molecular formula is C19H20ClN3O2S. The molecule has 1 heterocycles. The summed E-state index contributed by atoms with van der Waals surface area (Å²) in [6.45, 7) is 1.59. The lowest BCUT2D eigenvalue weighted by Gasteiger charge is -2.26. The molecule has 2 aromatic rings. The summed E-state index contributed by atoms with van der Waals surface area (Å²) in [4.78, 5) is 0.315. The molecule has 1 N–H and O–H groups in total. The van der Waals surface area contributed by atoms with Gasteiger partial charge in [0.2, 0.25) is 10.0 Å². The van der Waals surface area contributed by atoms with Gasteiger partial charge in [0, 0.05) is 24.7 Å². The summed E-state index contributed by atoms with van der Waals surface area (Å²) >= 11 is 5.91. The number of anilines is 1. The zero-order valence-corrected chi connectivity index (χ0v) is 15.9. The largest absolute Gasteiger partial charge is 0.380 e. The Morgan fingerprint density at radius 3 is 2.62 bits per heavy atom. The molecule has 26 heavy (non-hydrogen) atoms. The van der Waals surface area contributed by atoms with Crippen LogP contribution in [0.3, 0.4) is 0 Å². The summed E-state index contributed by atoms with van der Waals surface area (Å²) in [5.41, 5.74) is 1.96. The Bertz CT molecular complexity index is 932. The lowest BCUT2D eigenvalue weighted by Crippen LogP contribution is -2.35. The standard InChI is InChI=1S/C19H20ClN3O2S/c20-17-7-8-19(16(12-17)13-21)22-14-15-5-4-6-18(11-15)26(24,25)23-9-2-1-3-10-23/h4-8,11-12,22H,1-3,9-10,14H2. The van der Waals surface area contributed by atoms with Crippen molar-refractivity contribution in [3.63, 3.8) is 0 Å². The van der Waals surface area contributed by atoms with Crippen LogP contribution in [0.5, 0.6) is 0 Å². The molecular weight excluding hydrogens is 370 g/mol. The summed E-state index contributed by atoms with van der Waals surface area (Å²) in [6, 6.07) is 14.1. The van der Waals surface area contributed by atoms with Gasteiger partial charge in [-0.1, -0.05) is 30.2 Å². The zero-order valence-electron chi connectivity index (χ0n) is 14.3. The van der Waals surface area contributed by atoms with E-state index in [2.05, 4.69) is 11.4 Å². The van der Waals surface area contributed by atoms with Crippen LogP contribution < -0.4 is 5.32 Å². The molecule has 136 valence electrons. The first kappa shape index (κ1) is 18.7. The molecule has 0 aromatic heterocycles. The molecule has 0 saturated carbocycles. The van der Waals surface area contributed by atoms with Crippen molar-refractivity contribution in [3.05, 3.63) is 58.6 Å². The number of hydrogen-bond acceptors (Lipinski definition) is 4. The monoisotopic (exact) mass is 389 g/mol. The van der Waals surface area contributed by atoms with Crippen molar-refractivity contribution < 1.29 is 8.42 Å². The van der Waals surface area contributed by atoms with Gasteiger partial charge < -0.3 is 5.32 Å². The molecule has 1 saturated heterocycles. The highest BCUT2D eigenvalue weighted by atomic mass is 35.5. The third-order valence-corrected chi connectivity index (χ3v) is 6.57. The van der Waals surface area contributed by atoms with Crippen LogP contribution >= 0.6 is 11.6 Å². The van der Waals surface area contributed by atoms with E-state index >= 15 is 0 Å². The normalized spacial score (nSPS) is 15.4. The third kappa shape index (κ3) is 4.18. The van der Waals surface area contributed by atoms with Crippen molar-refractivity contribution in [2.45, 2.75) is 30.7 Å². The Kier molecular flexibility index (Phi) is 5.82. The van der Waals surface area contributed by atoms with Crippen molar-refractivity contribution in [3.8, 4) is 6.07 Å². The van der Waals surface area contributed by atoms with E-state index in [0.29, 0.717) is 40.8 Å². The highest BCUT2D eigenvalue weighted by Gasteiger charge is 2.25. The maximum absolute atomic E-state index is 12.8. The van der Waals surface area contributed by atoms with Crippen LogP contribution in [0.2, 0.25) is 5.02 Å². The summed E-state index contributed by atoms with van der Waals surface area (Å²) in [5.74, 6) is 0. The maximum Gasteiger partial charge on any atom is 0.243 e. The molecule has 0 radical (unpaired) electrons. The van der Waals surface area contributed by atoms with Crippen molar-refractivity contribution in [2.75, 3.05) is 18.4 Å². The van der Waals surface area contributed by atoms with Crippen LogP contribution in [0.1, 0.15) is 30.4 Å². The third-order valence-electron chi connectivity index (χ3n) is 4.44. The second-order valence-corrected chi connectivity index (χ2v) is 8.64. The van der Waals surface area contributed by atoms with E-state index in [1.807, 2.05) is 6.07 Å². The first-order chi connectivity index (χ1) is 12.5. The second-order valence-electron chi connectivity index (χ2n) is 6.27.